The lowest BCUT2D eigenvalue weighted by molar-refractivity contribution is 0.0365. The Morgan fingerprint density at radius 1 is 1.19 bits per heavy atom. The van der Waals surface area contributed by atoms with Crippen LogP contribution in [0, 0.1) is 18.6 Å². The number of carbonyl (C=O) groups excluding carboxylic acids is 1. The van der Waals surface area contributed by atoms with Gasteiger partial charge in [0.15, 0.2) is 11.6 Å². The van der Waals surface area contributed by atoms with Gasteiger partial charge in [-0.3, -0.25) is 9.69 Å². The predicted molar refractivity (Wildman–Crippen MR) is 102 cm³/mol. The van der Waals surface area contributed by atoms with Gasteiger partial charge in [-0.25, -0.2) is 8.78 Å². The predicted octanol–water partition coefficient (Wildman–Crippen LogP) is 3.85. The van der Waals surface area contributed by atoms with Gasteiger partial charge in [0, 0.05) is 37.3 Å². The van der Waals surface area contributed by atoms with Gasteiger partial charge in [-0.05, 0) is 31.2 Å². The van der Waals surface area contributed by atoms with Gasteiger partial charge in [-0.1, -0.05) is 6.07 Å². The molecule has 1 fully saturated rings. The van der Waals surface area contributed by atoms with E-state index in [0.717, 1.165) is 61.4 Å². The SMILES string of the molecule is Cc1cc2cc(C(=O)c3cccc(F)c3F)sc2n1CCN1CCOCC1. The number of thiophene rings is 1. The van der Waals surface area contributed by atoms with Crippen LogP contribution in [0.3, 0.4) is 0 Å². The van der Waals surface area contributed by atoms with Crippen molar-refractivity contribution in [1.82, 2.24) is 9.47 Å². The zero-order valence-corrected chi connectivity index (χ0v) is 15.8. The Balaban J connectivity index is 1.60. The molecule has 3 heterocycles. The molecular formula is C20H20F2N2O2S. The highest BCUT2D eigenvalue weighted by Crippen LogP contribution is 2.31. The van der Waals surface area contributed by atoms with E-state index < -0.39 is 17.4 Å². The molecule has 0 bridgehead atoms. The number of rotatable bonds is 5. The van der Waals surface area contributed by atoms with Crippen LogP contribution >= 0.6 is 11.3 Å². The fourth-order valence-electron chi connectivity index (χ4n) is 3.44. The van der Waals surface area contributed by atoms with Crippen LogP contribution in [0.2, 0.25) is 0 Å². The monoisotopic (exact) mass is 390 g/mol. The Bertz CT molecular complexity index is 989. The molecule has 0 atom stereocenters. The van der Waals surface area contributed by atoms with Gasteiger partial charge in [-0.15, -0.1) is 11.3 Å². The summed E-state index contributed by atoms with van der Waals surface area (Å²) in [6.45, 7) is 7.14. The number of carbonyl (C=O) groups is 1. The van der Waals surface area contributed by atoms with E-state index in [1.807, 2.05) is 13.0 Å². The molecule has 1 aliphatic rings. The molecule has 1 aromatic carbocycles. The number of ether oxygens (including phenoxy) is 1. The van der Waals surface area contributed by atoms with Crippen molar-refractivity contribution in [3.05, 3.63) is 58.1 Å². The van der Waals surface area contributed by atoms with Crippen molar-refractivity contribution in [2.75, 3.05) is 32.8 Å². The van der Waals surface area contributed by atoms with Crippen LogP contribution in [0.1, 0.15) is 20.9 Å². The summed E-state index contributed by atoms with van der Waals surface area (Å²) in [7, 11) is 0. The molecule has 27 heavy (non-hydrogen) atoms. The number of hydrogen-bond acceptors (Lipinski definition) is 4. The standard InChI is InChI=1S/C20H20F2N2O2S/c1-13-11-14-12-17(19(25)15-3-2-4-16(21)18(15)22)27-20(14)24(13)6-5-23-7-9-26-10-8-23/h2-4,11-12H,5-10H2,1H3. The minimum Gasteiger partial charge on any atom is -0.379 e. The molecule has 4 rings (SSSR count). The van der Waals surface area contributed by atoms with Crippen LogP contribution in [0.5, 0.6) is 0 Å². The molecule has 2 aromatic heterocycles. The summed E-state index contributed by atoms with van der Waals surface area (Å²) >= 11 is 1.33. The van der Waals surface area contributed by atoms with E-state index in [1.165, 1.54) is 23.5 Å². The van der Waals surface area contributed by atoms with Gasteiger partial charge in [0.1, 0.15) is 4.83 Å². The van der Waals surface area contributed by atoms with Crippen LogP contribution in [0.15, 0.2) is 30.3 Å². The number of fused-ring (bicyclic) bond motifs is 1. The number of ketones is 1. The Kier molecular flexibility index (Phi) is 5.08. The smallest absolute Gasteiger partial charge is 0.206 e. The zero-order chi connectivity index (χ0) is 19.0. The number of aromatic nitrogens is 1. The zero-order valence-electron chi connectivity index (χ0n) is 15.0. The molecule has 3 aromatic rings. The maximum Gasteiger partial charge on any atom is 0.206 e. The van der Waals surface area contributed by atoms with Gasteiger partial charge in [0.2, 0.25) is 5.78 Å². The molecule has 7 heteroatoms. The summed E-state index contributed by atoms with van der Waals surface area (Å²) in [6, 6.07) is 7.49. The summed E-state index contributed by atoms with van der Waals surface area (Å²) in [5.74, 6) is -2.58. The lowest BCUT2D eigenvalue weighted by Gasteiger charge is -2.26. The summed E-state index contributed by atoms with van der Waals surface area (Å²) in [4.78, 5) is 16.4. The van der Waals surface area contributed by atoms with Gasteiger partial charge in [-0.2, -0.15) is 0 Å². The van der Waals surface area contributed by atoms with E-state index >= 15 is 0 Å². The summed E-state index contributed by atoms with van der Waals surface area (Å²) in [5.41, 5.74) is 0.899. The quantitative estimate of drug-likeness (QED) is 0.621. The molecule has 0 radical (unpaired) electrons. The molecule has 142 valence electrons. The van der Waals surface area contributed by atoms with Crippen molar-refractivity contribution in [2.24, 2.45) is 0 Å². The van der Waals surface area contributed by atoms with E-state index in [2.05, 4.69) is 9.47 Å². The first kappa shape index (κ1) is 18.3. The topological polar surface area (TPSA) is 34.5 Å². The van der Waals surface area contributed by atoms with Crippen molar-refractivity contribution in [3.63, 3.8) is 0 Å². The highest BCUT2D eigenvalue weighted by Gasteiger charge is 2.21. The molecular weight excluding hydrogens is 370 g/mol. The molecule has 0 unspecified atom stereocenters. The third-order valence-electron chi connectivity index (χ3n) is 4.94. The van der Waals surface area contributed by atoms with E-state index in [0.29, 0.717) is 4.88 Å². The molecule has 1 aliphatic heterocycles. The number of hydrogen-bond donors (Lipinski definition) is 0. The van der Waals surface area contributed by atoms with Gasteiger partial charge in [0.25, 0.3) is 0 Å². The summed E-state index contributed by atoms with van der Waals surface area (Å²) in [5, 5.41) is 0.958. The molecule has 4 nitrogen and oxygen atoms in total. The summed E-state index contributed by atoms with van der Waals surface area (Å²) in [6.07, 6.45) is 0. The van der Waals surface area contributed by atoms with Crippen molar-refractivity contribution in [2.45, 2.75) is 13.5 Å². The first-order valence-corrected chi connectivity index (χ1v) is 9.75. The van der Waals surface area contributed by atoms with Crippen molar-refractivity contribution in [1.29, 1.82) is 0 Å². The maximum absolute atomic E-state index is 14.0. The van der Waals surface area contributed by atoms with Crippen LogP contribution in [-0.2, 0) is 11.3 Å². The lowest BCUT2D eigenvalue weighted by Crippen LogP contribution is -2.38. The third kappa shape index (κ3) is 3.54. The Morgan fingerprint density at radius 2 is 1.96 bits per heavy atom. The van der Waals surface area contributed by atoms with Crippen molar-refractivity contribution in [3.8, 4) is 0 Å². The minimum atomic E-state index is -1.09. The normalized spacial score (nSPS) is 15.5. The summed E-state index contributed by atoms with van der Waals surface area (Å²) < 4.78 is 35.0. The molecule has 0 N–H and O–H groups in total. The van der Waals surface area contributed by atoms with Crippen LogP contribution in [-0.4, -0.2) is 48.1 Å². The first-order chi connectivity index (χ1) is 13.0. The third-order valence-corrected chi connectivity index (χ3v) is 6.11. The fourth-order valence-corrected chi connectivity index (χ4v) is 4.62. The fraction of sp³-hybridized carbons (Fsp3) is 0.350. The number of morpholine rings is 1. The molecule has 0 saturated carbocycles. The second kappa shape index (κ2) is 7.50. The van der Waals surface area contributed by atoms with E-state index in [9.17, 15) is 13.6 Å². The Morgan fingerprint density at radius 3 is 2.74 bits per heavy atom. The highest BCUT2D eigenvalue weighted by molar-refractivity contribution is 7.20. The van der Waals surface area contributed by atoms with Gasteiger partial charge >= 0.3 is 0 Å². The largest absolute Gasteiger partial charge is 0.379 e. The average molecular weight is 390 g/mol. The number of nitrogens with zero attached hydrogens (tertiary/aromatic N) is 2. The molecule has 0 aliphatic carbocycles. The average Bonchev–Trinajstić information content (AvgIpc) is 3.20. The highest BCUT2D eigenvalue weighted by atomic mass is 32.1. The van der Waals surface area contributed by atoms with Crippen molar-refractivity contribution >= 4 is 27.3 Å². The van der Waals surface area contributed by atoms with E-state index in [-0.39, 0.29) is 5.56 Å². The number of aryl methyl sites for hydroxylation is 1. The molecule has 1 saturated heterocycles. The van der Waals surface area contributed by atoms with Crippen molar-refractivity contribution < 1.29 is 18.3 Å². The Hall–Kier alpha value is -2.09. The Labute approximate surface area is 160 Å². The van der Waals surface area contributed by atoms with Crippen LogP contribution in [0.25, 0.3) is 10.2 Å². The number of halogens is 2. The second-order valence-electron chi connectivity index (χ2n) is 6.69. The second-order valence-corrected chi connectivity index (χ2v) is 7.72. The minimum absolute atomic E-state index is 0.226. The van der Waals surface area contributed by atoms with Gasteiger partial charge < -0.3 is 9.30 Å². The van der Waals surface area contributed by atoms with E-state index in [1.54, 1.807) is 6.07 Å². The van der Waals surface area contributed by atoms with Crippen LogP contribution in [0.4, 0.5) is 8.78 Å². The molecule has 0 amide bonds. The lowest BCUT2D eigenvalue weighted by atomic mass is 10.1. The maximum atomic E-state index is 14.0. The molecule has 0 spiro atoms. The first-order valence-electron chi connectivity index (χ1n) is 8.93. The van der Waals surface area contributed by atoms with Crippen LogP contribution < -0.4 is 0 Å². The van der Waals surface area contributed by atoms with Gasteiger partial charge in [0.05, 0.1) is 23.7 Å². The van der Waals surface area contributed by atoms with E-state index in [4.69, 9.17) is 4.74 Å². The number of benzene rings is 1.